The highest BCUT2D eigenvalue weighted by Gasteiger charge is 2.16. The molecule has 0 amide bonds. The summed E-state index contributed by atoms with van der Waals surface area (Å²) >= 11 is 0. The van der Waals surface area contributed by atoms with Crippen molar-refractivity contribution in [3.63, 3.8) is 0 Å². The molecular weight excluding hydrogens is 254 g/mol. The van der Waals surface area contributed by atoms with Crippen LogP contribution in [-0.2, 0) is 0 Å². The van der Waals surface area contributed by atoms with Crippen molar-refractivity contribution in [2.75, 3.05) is 29.5 Å². The number of aliphatic hydroxyl groups is 1. The van der Waals surface area contributed by atoms with Crippen LogP contribution in [0.5, 0.6) is 0 Å². The lowest BCUT2D eigenvalue weighted by molar-refractivity contribution is 0.132. The summed E-state index contributed by atoms with van der Waals surface area (Å²) in [6, 6.07) is 1.80. The maximum absolute atomic E-state index is 9.97. The van der Waals surface area contributed by atoms with E-state index in [9.17, 15) is 5.11 Å². The first-order valence-electron chi connectivity index (χ1n) is 7.10. The molecule has 0 bridgehead atoms. The Hall–Kier alpha value is -1.56. The number of anilines is 3. The van der Waals surface area contributed by atoms with E-state index >= 15 is 0 Å². The SMILES string of the molecule is CCCNc1cc(NCC(O)CC(C)(C)C)nc(N)n1. The molecular formula is C14H27N5O. The van der Waals surface area contributed by atoms with Crippen molar-refractivity contribution in [2.45, 2.75) is 46.6 Å². The second-order valence-electron chi connectivity index (χ2n) is 6.22. The molecule has 0 aliphatic carbocycles. The van der Waals surface area contributed by atoms with Crippen molar-refractivity contribution >= 4 is 17.6 Å². The van der Waals surface area contributed by atoms with Gasteiger partial charge in [-0.15, -0.1) is 0 Å². The first kappa shape index (κ1) is 16.5. The van der Waals surface area contributed by atoms with E-state index in [0.717, 1.165) is 19.4 Å². The van der Waals surface area contributed by atoms with E-state index < -0.39 is 6.10 Å². The molecule has 6 nitrogen and oxygen atoms in total. The van der Waals surface area contributed by atoms with Crippen LogP contribution in [0.15, 0.2) is 6.07 Å². The third kappa shape index (κ3) is 6.56. The van der Waals surface area contributed by atoms with Crippen molar-refractivity contribution in [3.05, 3.63) is 6.07 Å². The van der Waals surface area contributed by atoms with Crippen molar-refractivity contribution < 1.29 is 5.11 Å². The van der Waals surface area contributed by atoms with E-state index in [1.807, 2.05) is 0 Å². The van der Waals surface area contributed by atoms with Gasteiger partial charge in [0.05, 0.1) is 6.10 Å². The highest BCUT2D eigenvalue weighted by Crippen LogP contribution is 2.21. The summed E-state index contributed by atoms with van der Waals surface area (Å²) < 4.78 is 0. The summed E-state index contributed by atoms with van der Waals surface area (Å²) in [4.78, 5) is 8.23. The second kappa shape index (κ2) is 7.28. The predicted molar refractivity (Wildman–Crippen MR) is 83.8 cm³/mol. The summed E-state index contributed by atoms with van der Waals surface area (Å²) in [5, 5.41) is 16.2. The molecule has 1 rings (SSSR count). The summed E-state index contributed by atoms with van der Waals surface area (Å²) in [6.07, 6.45) is 1.32. The zero-order valence-electron chi connectivity index (χ0n) is 12.9. The highest BCUT2D eigenvalue weighted by molar-refractivity contribution is 5.51. The number of aliphatic hydroxyl groups excluding tert-OH is 1. The summed E-state index contributed by atoms with van der Waals surface area (Å²) in [7, 11) is 0. The Kier molecular flexibility index (Phi) is 6.01. The van der Waals surface area contributed by atoms with Gasteiger partial charge >= 0.3 is 0 Å². The minimum Gasteiger partial charge on any atom is -0.391 e. The van der Waals surface area contributed by atoms with Gasteiger partial charge in [-0.05, 0) is 18.3 Å². The Morgan fingerprint density at radius 3 is 2.40 bits per heavy atom. The van der Waals surface area contributed by atoms with E-state index in [4.69, 9.17) is 5.73 Å². The molecule has 1 heterocycles. The topological polar surface area (TPSA) is 96.1 Å². The first-order valence-corrected chi connectivity index (χ1v) is 7.10. The quantitative estimate of drug-likeness (QED) is 0.611. The van der Waals surface area contributed by atoms with Gasteiger partial charge in [-0.3, -0.25) is 0 Å². The molecule has 6 heteroatoms. The number of hydrogen-bond acceptors (Lipinski definition) is 6. The molecule has 1 aromatic rings. The monoisotopic (exact) mass is 281 g/mol. The van der Waals surface area contributed by atoms with Gasteiger partial charge in [-0.1, -0.05) is 27.7 Å². The smallest absolute Gasteiger partial charge is 0.223 e. The molecule has 0 radical (unpaired) electrons. The van der Waals surface area contributed by atoms with Gasteiger partial charge in [-0.25, -0.2) is 0 Å². The van der Waals surface area contributed by atoms with Crippen molar-refractivity contribution in [1.29, 1.82) is 0 Å². The van der Waals surface area contributed by atoms with E-state index in [-0.39, 0.29) is 11.4 Å². The molecule has 1 aromatic heterocycles. The molecule has 1 unspecified atom stereocenters. The van der Waals surface area contributed by atoms with Gasteiger partial charge < -0.3 is 21.5 Å². The average molecular weight is 281 g/mol. The van der Waals surface area contributed by atoms with Crippen LogP contribution in [0.4, 0.5) is 17.6 Å². The number of nitrogens with two attached hydrogens (primary N) is 1. The average Bonchev–Trinajstić information content (AvgIpc) is 2.31. The number of nitrogen functional groups attached to an aromatic ring is 1. The van der Waals surface area contributed by atoms with Gasteiger partial charge in [0, 0.05) is 19.2 Å². The standard InChI is InChI=1S/C14H27N5O/c1-5-6-16-11-7-12(19-13(15)18-11)17-9-10(20)8-14(2,3)4/h7,10,20H,5-6,8-9H2,1-4H3,(H4,15,16,17,18,19). The zero-order chi connectivity index (χ0) is 15.2. The lowest BCUT2D eigenvalue weighted by Gasteiger charge is -2.22. The van der Waals surface area contributed by atoms with Crippen LogP contribution in [0.25, 0.3) is 0 Å². The minimum atomic E-state index is -0.418. The van der Waals surface area contributed by atoms with Crippen LogP contribution in [-0.4, -0.2) is 34.3 Å². The number of nitrogens with zero attached hydrogens (tertiary/aromatic N) is 2. The van der Waals surface area contributed by atoms with Crippen LogP contribution < -0.4 is 16.4 Å². The van der Waals surface area contributed by atoms with Crippen molar-refractivity contribution in [2.24, 2.45) is 5.41 Å². The van der Waals surface area contributed by atoms with Crippen LogP contribution in [0.2, 0.25) is 0 Å². The van der Waals surface area contributed by atoms with Gasteiger partial charge in [-0.2, -0.15) is 9.97 Å². The third-order valence-corrected chi connectivity index (χ3v) is 2.67. The maximum atomic E-state index is 9.97. The number of nitrogens with one attached hydrogen (secondary N) is 2. The van der Waals surface area contributed by atoms with E-state index in [1.54, 1.807) is 6.07 Å². The van der Waals surface area contributed by atoms with Crippen LogP contribution in [0, 0.1) is 5.41 Å². The fraction of sp³-hybridized carbons (Fsp3) is 0.714. The first-order chi connectivity index (χ1) is 9.30. The minimum absolute atomic E-state index is 0.0969. The van der Waals surface area contributed by atoms with Crippen LogP contribution in [0.1, 0.15) is 40.5 Å². The lowest BCUT2D eigenvalue weighted by atomic mass is 9.89. The Morgan fingerprint density at radius 1 is 1.25 bits per heavy atom. The molecule has 20 heavy (non-hydrogen) atoms. The largest absolute Gasteiger partial charge is 0.391 e. The Bertz CT molecular complexity index is 417. The molecule has 1 atom stereocenters. The summed E-state index contributed by atoms with van der Waals surface area (Å²) in [6.45, 7) is 9.67. The van der Waals surface area contributed by atoms with Crippen molar-refractivity contribution in [3.8, 4) is 0 Å². The highest BCUT2D eigenvalue weighted by atomic mass is 16.3. The fourth-order valence-corrected chi connectivity index (χ4v) is 1.90. The number of hydrogen-bond donors (Lipinski definition) is 4. The maximum Gasteiger partial charge on any atom is 0.223 e. The van der Waals surface area contributed by atoms with Gasteiger partial charge in [0.15, 0.2) is 0 Å². The molecule has 0 aromatic carbocycles. The molecule has 0 saturated heterocycles. The molecule has 114 valence electrons. The number of rotatable bonds is 7. The fourth-order valence-electron chi connectivity index (χ4n) is 1.90. The zero-order valence-corrected chi connectivity index (χ0v) is 12.9. The van der Waals surface area contributed by atoms with Crippen LogP contribution >= 0.6 is 0 Å². The van der Waals surface area contributed by atoms with Gasteiger partial charge in [0.2, 0.25) is 5.95 Å². The molecule has 0 aliphatic rings. The Labute approximate surface area is 121 Å². The molecule has 0 aliphatic heterocycles. The number of aromatic nitrogens is 2. The second-order valence-corrected chi connectivity index (χ2v) is 6.22. The lowest BCUT2D eigenvalue weighted by Crippen LogP contribution is -2.25. The van der Waals surface area contributed by atoms with Gasteiger partial charge in [0.1, 0.15) is 11.6 Å². The molecule has 0 fully saturated rings. The Morgan fingerprint density at radius 2 is 1.85 bits per heavy atom. The van der Waals surface area contributed by atoms with E-state index in [1.165, 1.54) is 0 Å². The predicted octanol–water partition coefficient (Wildman–Crippen LogP) is 2.09. The van der Waals surface area contributed by atoms with Crippen LogP contribution in [0.3, 0.4) is 0 Å². The third-order valence-electron chi connectivity index (χ3n) is 2.67. The Balaban J connectivity index is 2.56. The van der Waals surface area contributed by atoms with Crippen molar-refractivity contribution in [1.82, 2.24) is 9.97 Å². The molecule has 0 saturated carbocycles. The summed E-state index contributed by atoms with van der Waals surface area (Å²) in [5.74, 6) is 1.55. The molecule has 0 spiro atoms. The van der Waals surface area contributed by atoms with E-state index in [2.05, 4.69) is 48.3 Å². The van der Waals surface area contributed by atoms with E-state index in [0.29, 0.717) is 18.2 Å². The normalized spacial score (nSPS) is 13.1. The summed E-state index contributed by atoms with van der Waals surface area (Å²) in [5.41, 5.74) is 5.77. The van der Waals surface area contributed by atoms with Gasteiger partial charge in [0.25, 0.3) is 0 Å². The molecule has 5 N–H and O–H groups in total.